The first-order chi connectivity index (χ1) is 11.9. The van der Waals surface area contributed by atoms with E-state index in [0.29, 0.717) is 18.1 Å². The number of phenols is 1. The molecule has 5 rings (SSSR count). The molecule has 0 amide bonds. The van der Waals surface area contributed by atoms with Crippen LogP contribution in [0, 0.1) is 0 Å². The van der Waals surface area contributed by atoms with E-state index in [1.807, 2.05) is 32.0 Å². The van der Waals surface area contributed by atoms with Gasteiger partial charge in [-0.2, -0.15) is 0 Å². The van der Waals surface area contributed by atoms with Crippen LogP contribution in [0.1, 0.15) is 42.6 Å². The summed E-state index contributed by atoms with van der Waals surface area (Å²) < 4.78 is 18.1. The van der Waals surface area contributed by atoms with Crippen LogP contribution in [0.15, 0.2) is 36.1 Å². The zero-order valence-corrected chi connectivity index (χ0v) is 13.9. The van der Waals surface area contributed by atoms with Crippen LogP contribution in [0.3, 0.4) is 0 Å². The SMILES string of the molecule is CC1(C)Oc2ccc3c(c2C=C1O)OC1c2ccc(O)cc2OCC31. The molecule has 2 N–H and O–H groups in total. The summed E-state index contributed by atoms with van der Waals surface area (Å²) in [6.45, 7) is 4.13. The van der Waals surface area contributed by atoms with Gasteiger partial charge in [-0.1, -0.05) is 6.07 Å². The Bertz CT molecular complexity index is 928. The fourth-order valence-corrected chi connectivity index (χ4v) is 3.78. The van der Waals surface area contributed by atoms with Gasteiger partial charge in [-0.3, -0.25) is 0 Å². The van der Waals surface area contributed by atoms with Gasteiger partial charge in [-0.15, -0.1) is 0 Å². The van der Waals surface area contributed by atoms with Gasteiger partial charge < -0.3 is 24.4 Å². The van der Waals surface area contributed by atoms with Gasteiger partial charge in [0.1, 0.15) is 34.9 Å². The summed E-state index contributed by atoms with van der Waals surface area (Å²) in [6.07, 6.45) is 1.56. The molecule has 0 radical (unpaired) electrons. The minimum absolute atomic E-state index is 0.0721. The van der Waals surface area contributed by atoms with Gasteiger partial charge in [0.15, 0.2) is 5.60 Å². The second-order valence-corrected chi connectivity index (χ2v) is 7.22. The molecule has 2 aromatic carbocycles. The van der Waals surface area contributed by atoms with E-state index in [9.17, 15) is 10.2 Å². The van der Waals surface area contributed by atoms with Crippen LogP contribution < -0.4 is 14.2 Å². The number of aliphatic hydroxyl groups is 1. The molecule has 128 valence electrons. The molecular formula is C20H18O5. The number of fused-ring (bicyclic) bond motifs is 7. The van der Waals surface area contributed by atoms with Crippen molar-refractivity contribution in [1.82, 2.24) is 0 Å². The second-order valence-electron chi connectivity index (χ2n) is 7.22. The zero-order chi connectivity index (χ0) is 17.3. The Morgan fingerprint density at radius 2 is 1.84 bits per heavy atom. The fourth-order valence-electron chi connectivity index (χ4n) is 3.78. The Kier molecular flexibility index (Phi) is 2.69. The minimum Gasteiger partial charge on any atom is -0.508 e. The zero-order valence-electron chi connectivity index (χ0n) is 13.9. The number of ether oxygens (including phenoxy) is 3. The molecule has 0 bridgehead atoms. The average molecular weight is 338 g/mol. The van der Waals surface area contributed by atoms with Crippen molar-refractivity contribution < 1.29 is 24.4 Å². The fraction of sp³-hybridized carbons (Fsp3) is 0.300. The molecule has 5 nitrogen and oxygen atoms in total. The maximum Gasteiger partial charge on any atom is 0.160 e. The summed E-state index contributed by atoms with van der Waals surface area (Å²) in [5.74, 6) is 2.51. The number of hydrogen-bond donors (Lipinski definition) is 2. The molecule has 0 aliphatic carbocycles. The van der Waals surface area contributed by atoms with Crippen molar-refractivity contribution in [2.45, 2.75) is 31.5 Å². The van der Waals surface area contributed by atoms with E-state index in [2.05, 4.69) is 0 Å². The third-order valence-electron chi connectivity index (χ3n) is 5.18. The molecule has 2 aromatic rings. The molecular weight excluding hydrogens is 320 g/mol. The lowest BCUT2D eigenvalue weighted by Gasteiger charge is -2.31. The Hall–Kier alpha value is -2.82. The summed E-state index contributed by atoms with van der Waals surface area (Å²) in [5, 5.41) is 20.0. The van der Waals surface area contributed by atoms with Crippen LogP contribution in [-0.2, 0) is 0 Å². The lowest BCUT2D eigenvalue weighted by atomic mass is 9.88. The topological polar surface area (TPSA) is 68.2 Å². The maximum absolute atomic E-state index is 10.3. The Morgan fingerprint density at radius 1 is 1.04 bits per heavy atom. The van der Waals surface area contributed by atoms with E-state index >= 15 is 0 Å². The van der Waals surface area contributed by atoms with Gasteiger partial charge in [-0.25, -0.2) is 0 Å². The monoisotopic (exact) mass is 338 g/mol. The van der Waals surface area contributed by atoms with E-state index in [1.165, 1.54) is 0 Å². The molecule has 2 unspecified atom stereocenters. The quantitative estimate of drug-likeness (QED) is 0.758. The molecule has 0 saturated carbocycles. The highest BCUT2D eigenvalue weighted by atomic mass is 16.5. The third kappa shape index (κ3) is 1.95. The van der Waals surface area contributed by atoms with Gasteiger partial charge in [0.2, 0.25) is 0 Å². The second kappa shape index (κ2) is 4.63. The summed E-state index contributed by atoms with van der Waals surface area (Å²) in [7, 11) is 0. The predicted molar refractivity (Wildman–Crippen MR) is 91.5 cm³/mol. The van der Waals surface area contributed by atoms with Crippen LogP contribution in [0.25, 0.3) is 6.08 Å². The van der Waals surface area contributed by atoms with Crippen LogP contribution in [-0.4, -0.2) is 22.4 Å². The molecule has 3 aliphatic rings. The van der Waals surface area contributed by atoms with Crippen LogP contribution in [0.5, 0.6) is 23.0 Å². The molecule has 5 heteroatoms. The molecule has 0 spiro atoms. The highest BCUT2D eigenvalue weighted by Gasteiger charge is 2.43. The lowest BCUT2D eigenvalue weighted by Crippen LogP contribution is -2.33. The minimum atomic E-state index is -0.750. The number of phenolic OH excluding ortho intramolecular Hbond substituents is 1. The Balaban J connectivity index is 1.63. The van der Waals surface area contributed by atoms with E-state index in [-0.39, 0.29) is 23.5 Å². The van der Waals surface area contributed by atoms with Gasteiger partial charge in [-0.05, 0) is 38.1 Å². The van der Waals surface area contributed by atoms with Gasteiger partial charge in [0.05, 0.1) is 18.1 Å². The standard InChI is InChI=1S/C20H18O5/c1-20(2)17(22)8-13-15(25-20)6-5-11-14-9-23-16-7-10(21)3-4-12(16)19(14)24-18(11)13/h3-8,14,19,21-22H,9H2,1-2H3. The molecule has 3 aliphatic heterocycles. The van der Waals surface area contributed by atoms with Crippen molar-refractivity contribution in [3.63, 3.8) is 0 Å². The molecule has 25 heavy (non-hydrogen) atoms. The Morgan fingerprint density at radius 3 is 2.68 bits per heavy atom. The van der Waals surface area contributed by atoms with Crippen LogP contribution in [0.4, 0.5) is 0 Å². The number of aliphatic hydroxyl groups excluding tert-OH is 1. The van der Waals surface area contributed by atoms with Crippen molar-refractivity contribution in [3.05, 3.63) is 52.8 Å². The predicted octanol–water partition coefficient (Wildman–Crippen LogP) is 4.07. The van der Waals surface area contributed by atoms with Crippen molar-refractivity contribution >= 4 is 6.08 Å². The molecule has 3 heterocycles. The first-order valence-electron chi connectivity index (χ1n) is 8.33. The Labute approximate surface area is 145 Å². The largest absolute Gasteiger partial charge is 0.508 e. The number of hydrogen-bond acceptors (Lipinski definition) is 5. The van der Waals surface area contributed by atoms with Crippen molar-refractivity contribution in [2.24, 2.45) is 0 Å². The number of aromatic hydroxyl groups is 1. The summed E-state index contributed by atoms with van der Waals surface area (Å²) >= 11 is 0. The van der Waals surface area contributed by atoms with Crippen molar-refractivity contribution in [2.75, 3.05) is 6.61 Å². The normalized spacial score (nSPS) is 24.5. The van der Waals surface area contributed by atoms with E-state index < -0.39 is 5.60 Å². The van der Waals surface area contributed by atoms with Gasteiger partial charge >= 0.3 is 0 Å². The third-order valence-corrected chi connectivity index (χ3v) is 5.18. The van der Waals surface area contributed by atoms with Crippen LogP contribution in [0.2, 0.25) is 0 Å². The molecule has 0 saturated heterocycles. The van der Waals surface area contributed by atoms with Crippen LogP contribution >= 0.6 is 0 Å². The van der Waals surface area contributed by atoms with Gasteiger partial charge in [0, 0.05) is 17.2 Å². The van der Waals surface area contributed by atoms with E-state index in [4.69, 9.17) is 14.2 Å². The summed E-state index contributed by atoms with van der Waals surface area (Å²) in [5.41, 5.74) is 1.99. The molecule has 2 atom stereocenters. The highest BCUT2D eigenvalue weighted by molar-refractivity contribution is 5.72. The molecule has 0 aromatic heterocycles. The number of benzene rings is 2. The highest BCUT2D eigenvalue weighted by Crippen LogP contribution is 2.55. The van der Waals surface area contributed by atoms with E-state index in [0.717, 1.165) is 22.4 Å². The summed E-state index contributed by atoms with van der Waals surface area (Å²) in [6, 6.07) is 9.04. The summed E-state index contributed by atoms with van der Waals surface area (Å²) in [4.78, 5) is 0. The average Bonchev–Trinajstić information content (AvgIpc) is 2.94. The van der Waals surface area contributed by atoms with Gasteiger partial charge in [0.25, 0.3) is 0 Å². The van der Waals surface area contributed by atoms with E-state index in [1.54, 1.807) is 18.2 Å². The molecule has 0 fully saturated rings. The lowest BCUT2D eigenvalue weighted by molar-refractivity contribution is 0.0925. The smallest absolute Gasteiger partial charge is 0.160 e. The number of rotatable bonds is 0. The first kappa shape index (κ1) is 14.5. The van der Waals surface area contributed by atoms with Crippen molar-refractivity contribution in [1.29, 1.82) is 0 Å². The van der Waals surface area contributed by atoms with Crippen molar-refractivity contribution in [3.8, 4) is 23.0 Å². The first-order valence-corrected chi connectivity index (χ1v) is 8.33. The maximum atomic E-state index is 10.3.